The Labute approximate surface area is 133 Å². The molecule has 2 aromatic carbocycles. The number of nitrogens with two attached hydrogens (primary N) is 2. The molecule has 6 N–H and O–H groups in total. The molecule has 0 spiro atoms. The number of rotatable bonds is 6. The molecule has 0 unspecified atom stereocenters. The summed E-state index contributed by atoms with van der Waals surface area (Å²) in [6.45, 7) is 0. The maximum Gasteiger partial charge on any atom is 0.304 e. The zero-order valence-corrected chi connectivity index (χ0v) is 12.4. The minimum atomic E-state index is -1.20. The van der Waals surface area contributed by atoms with Crippen molar-refractivity contribution in [2.45, 2.75) is 18.3 Å². The van der Waals surface area contributed by atoms with Crippen molar-refractivity contribution in [3.05, 3.63) is 59.7 Å². The van der Waals surface area contributed by atoms with Crippen molar-refractivity contribution >= 4 is 23.3 Å². The van der Waals surface area contributed by atoms with Crippen molar-refractivity contribution in [2.24, 2.45) is 0 Å². The molecule has 0 atom stereocenters. The summed E-state index contributed by atoms with van der Waals surface area (Å²) in [5.41, 5.74) is 12.4. The molecule has 0 saturated heterocycles. The van der Waals surface area contributed by atoms with Crippen molar-refractivity contribution in [2.75, 3.05) is 11.5 Å². The van der Waals surface area contributed by atoms with Gasteiger partial charge in [0.05, 0.1) is 12.8 Å². The molecular formula is C17H18N2O4. The van der Waals surface area contributed by atoms with Crippen molar-refractivity contribution in [1.29, 1.82) is 0 Å². The number of carbonyl (C=O) groups is 2. The van der Waals surface area contributed by atoms with Crippen molar-refractivity contribution in [1.82, 2.24) is 0 Å². The summed E-state index contributed by atoms with van der Waals surface area (Å²) >= 11 is 0. The zero-order valence-electron chi connectivity index (χ0n) is 12.4. The number of nitrogen functional groups attached to an aromatic ring is 2. The fourth-order valence-corrected chi connectivity index (χ4v) is 2.76. The summed E-state index contributed by atoms with van der Waals surface area (Å²) in [6, 6.07) is 13.2. The van der Waals surface area contributed by atoms with Gasteiger partial charge in [0.25, 0.3) is 0 Å². The summed E-state index contributed by atoms with van der Waals surface area (Å²) < 4.78 is 0. The lowest BCUT2D eigenvalue weighted by Gasteiger charge is -2.32. The van der Waals surface area contributed by atoms with Gasteiger partial charge in [-0.25, -0.2) is 0 Å². The Morgan fingerprint density at radius 3 is 1.30 bits per heavy atom. The highest BCUT2D eigenvalue weighted by molar-refractivity contribution is 5.76. The first kappa shape index (κ1) is 16.4. The Bertz CT molecular complexity index is 645. The largest absolute Gasteiger partial charge is 0.481 e. The second-order valence-electron chi connectivity index (χ2n) is 5.47. The molecule has 0 saturated carbocycles. The summed E-state index contributed by atoms with van der Waals surface area (Å²) in [4.78, 5) is 22.9. The minimum absolute atomic E-state index is 0.354. The Balaban J connectivity index is 2.67. The number of carboxylic acid groups (broad SMARTS) is 2. The fourth-order valence-electron chi connectivity index (χ4n) is 2.76. The van der Waals surface area contributed by atoms with Gasteiger partial charge < -0.3 is 21.7 Å². The van der Waals surface area contributed by atoms with E-state index in [1.807, 2.05) is 0 Å². The summed E-state index contributed by atoms with van der Waals surface area (Å²) in [5.74, 6) is -2.17. The van der Waals surface area contributed by atoms with E-state index in [-0.39, 0.29) is 12.8 Å². The van der Waals surface area contributed by atoms with Gasteiger partial charge in [0.2, 0.25) is 0 Å². The third-order valence-corrected chi connectivity index (χ3v) is 3.83. The first-order valence-corrected chi connectivity index (χ1v) is 6.99. The molecule has 6 heteroatoms. The average Bonchev–Trinajstić information content (AvgIpc) is 2.46. The molecular weight excluding hydrogens is 296 g/mol. The maximum atomic E-state index is 11.4. The molecule has 0 bridgehead atoms. The SMILES string of the molecule is Nc1ccc(C(CC(=O)O)(CC(=O)O)c2ccc(N)cc2)cc1. The van der Waals surface area contributed by atoms with Crippen LogP contribution in [0.3, 0.4) is 0 Å². The predicted molar refractivity (Wildman–Crippen MR) is 87.0 cm³/mol. The number of benzene rings is 2. The number of hydrogen-bond donors (Lipinski definition) is 4. The molecule has 23 heavy (non-hydrogen) atoms. The van der Waals surface area contributed by atoms with Crippen LogP contribution in [0, 0.1) is 0 Å². The molecule has 0 radical (unpaired) electrons. The van der Waals surface area contributed by atoms with E-state index in [1.54, 1.807) is 48.5 Å². The number of anilines is 2. The Hall–Kier alpha value is -3.02. The quantitative estimate of drug-likeness (QED) is 0.605. The lowest BCUT2D eigenvalue weighted by molar-refractivity contribution is -0.140. The van der Waals surface area contributed by atoms with Crippen LogP contribution >= 0.6 is 0 Å². The van der Waals surface area contributed by atoms with Gasteiger partial charge in [-0.05, 0) is 35.4 Å². The molecule has 0 aliphatic rings. The first-order chi connectivity index (χ1) is 10.8. The van der Waals surface area contributed by atoms with Gasteiger partial charge in [-0.2, -0.15) is 0 Å². The molecule has 0 aromatic heterocycles. The highest BCUT2D eigenvalue weighted by Gasteiger charge is 2.39. The molecule has 0 aliphatic heterocycles. The lowest BCUT2D eigenvalue weighted by Crippen LogP contribution is -2.33. The highest BCUT2D eigenvalue weighted by atomic mass is 16.4. The van der Waals surface area contributed by atoms with E-state index in [0.29, 0.717) is 22.5 Å². The van der Waals surface area contributed by atoms with Gasteiger partial charge in [0.1, 0.15) is 0 Å². The van der Waals surface area contributed by atoms with Crippen LogP contribution in [-0.2, 0) is 15.0 Å². The van der Waals surface area contributed by atoms with Crippen molar-refractivity contribution < 1.29 is 19.8 Å². The van der Waals surface area contributed by atoms with E-state index < -0.39 is 17.4 Å². The highest BCUT2D eigenvalue weighted by Crippen LogP contribution is 2.39. The Kier molecular flexibility index (Phi) is 4.55. The molecule has 0 heterocycles. The van der Waals surface area contributed by atoms with Gasteiger partial charge in [-0.3, -0.25) is 9.59 Å². The van der Waals surface area contributed by atoms with E-state index in [9.17, 15) is 19.8 Å². The zero-order chi connectivity index (χ0) is 17.0. The Morgan fingerprint density at radius 1 is 0.739 bits per heavy atom. The van der Waals surface area contributed by atoms with Crippen LogP contribution in [0.2, 0.25) is 0 Å². The van der Waals surface area contributed by atoms with Crippen LogP contribution in [0.4, 0.5) is 11.4 Å². The van der Waals surface area contributed by atoms with E-state index in [1.165, 1.54) is 0 Å². The fraction of sp³-hybridized carbons (Fsp3) is 0.176. The van der Waals surface area contributed by atoms with Gasteiger partial charge in [-0.1, -0.05) is 24.3 Å². The molecule has 120 valence electrons. The van der Waals surface area contributed by atoms with Crippen LogP contribution in [-0.4, -0.2) is 22.2 Å². The molecule has 2 aromatic rings. The van der Waals surface area contributed by atoms with E-state index >= 15 is 0 Å². The monoisotopic (exact) mass is 314 g/mol. The van der Waals surface area contributed by atoms with Gasteiger partial charge in [-0.15, -0.1) is 0 Å². The molecule has 6 nitrogen and oxygen atoms in total. The van der Waals surface area contributed by atoms with Crippen molar-refractivity contribution in [3.63, 3.8) is 0 Å². The summed E-state index contributed by atoms with van der Waals surface area (Å²) in [7, 11) is 0. The van der Waals surface area contributed by atoms with Gasteiger partial charge in [0.15, 0.2) is 0 Å². The van der Waals surface area contributed by atoms with Crippen LogP contribution in [0.25, 0.3) is 0 Å². The Morgan fingerprint density at radius 2 is 1.04 bits per heavy atom. The molecule has 0 aliphatic carbocycles. The van der Waals surface area contributed by atoms with Gasteiger partial charge >= 0.3 is 11.9 Å². The number of aliphatic carboxylic acids is 2. The van der Waals surface area contributed by atoms with Crippen LogP contribution < -0.4 is 11.5 Å². The second-order valence-corrected chi connectivity index (χ2v) is 5.47. The second kappa shape index (κ2) is 6.39. The van der Waals surface area contributed by atoms with E-state index in [2.05, 4.69) is 0 Å². The maximum absolute atomic E-state index is 11.4. The van der Waals surface area contributed by atoms with E-state index in [4.69, 9.17) is 11.5 Å². The predicted octanol–water partition coefficient (Wildman–Crippen LogP) is 2.09. The van der Waals surface area contributed by atoms with Gasteiger partial charge in [0, 0.05) is 16.8 Å². The molecule has 0 fully saturated rings. The smallest absolute Gasteiger partial charge is 0.304 e. The normalized spacial score (nSPS) is 11.1. The lowest BCUT2D eigenvalue weighted by atomic mass is 9.69. The van der Waals surface area contributed by atoms with Crippen molar-refractivity contribution in [3.8, 4) is 0 Å². The van der Waals surface area contributed by atoms with Crippen LogP contribution in [0.15, 0.2) is 48.5 Å². The van der Waals surface area contributed by atoms with E-state index in [0.717, 1.165) is 0 Å². The topological polar surface area (TPSA) is 127 Å². The third kappa shape index (κ3) is 3.60. The van der Waals surface area contributed by atoms with Crippen LogP contribution in [0.5, 0.6) is 0 Å². The molecule has 0 amide bonds. The average molecular weight is 314 g/mol. The minimum Gasteiger partial charge on any atom is -0.481 e. The molecule has 2 rings (SSSR count). The first-order valence-electron chi connectivity index (χ1n) is 6.99. The number of hydrogen-bond acceptors (Lipinski definition) is 4. The van der Waals surface area contributed by atoms with Crippen LogP contribution in [0.1, 0.15) is 24.0 Å². The summed E-state index contributed by atoms with van der Waals surface area (Å²) in [6.07, 6.45) is -0.708. The third-order valence-electron chi connectivity index (χ3n) is 3.83. The standard InChI is InChI=1S/C17H18N2O4/c18-13-5-1-11(2-6-13)17(9-15(20)21,10-16(22)23)12-3-7-14(19)8-4-12/h1-8H,9-10,18-19H2,(H,20,21)(H,22,23). The number of carboxylic acids is 2. The summed E-state index contributed by atoms with van der Waals surface area (Å²) in [5, 5.41) is 18.7.